The van der Waals surface area contributed by atoms with Crippen LogP contribution in [-0.2, 0) is 9.47 Å². The fraction of sp³-hybridized carbons (Fsp3) is 0.750. The van der Waals surface area contributed by atoms with Gasteiger partial charge in [-0.2, -0.15) is 0 Å². The molecule has 0 fully saturated rings. The van der Waals surface area contributed by atoms with Crippen molar-refractivity contribution in [3.63, 3.8) is 0 Å². The van der Waals surface area contributed by atoms with Crippen molar-refractivity contribution in [2.24, 2.45) is 0 Å². The molecule has 4 unspecified atom stereocenters. The second-order valence-corrected chi connectivity index (χ2v) is 8.59. The lowest BCUT2D eigenvalue weighted by Gasteiger charge is -2.35. The first-order valence-electron chi connectivity index (χ1n) is 7.62. The van der Waals surface area contributed by atoms with Gasteiger partial charge in [-0.25, -0.2) is 0 Å². The molecule has 0 bridgehead atoms. The van der Waals surface area contributed by atoms with Gasteiger partial charge < -0.3 is 9.47 Å². The summed E-state index contributed by atoms with van der Waals surface area (Å²) < 4.78 is 11.6. The molecule has 2 rings (SSSR count). The summed E-state index contributed by atoms with van der Waals surface area (Å²) in [6, 6.07) is 0. The van der Waals surface area contributed by atoms with Crippen LogP contribution in [0.25, 0.3) is 0 Å². The average Bonchev–Trinajstić information content (AvgIpc) is 2.95. The van der Waals surface area contributed by atoms with Gasteiger partial charge in [-0.05, 0) is 38.8 Å². The largest absolute Gasteiger partial charge is 0.497 e. The van der Waals surface area contributed by atoms with Crippen LogP contribution < -0.4 is 0 Å². The van der Waals surface area contributed by atoms with Gasteiger partial charge in [0.1, 0.15) is 12.2 Å². The van der Waals surface area contributed by atoms with E-state index in [1.54, 1.807) is 0 Å². The third kappa shape index (κ3) is 3.01. The molecule has 2 nitrogen and oxygen atoms in total. The quantitative estimate of drug-likeness (QED) is 0.592. The summed E-state index contributed by atoms with van der Waals surface area (Å²) in [5, 5.41) is 0. The van der Waals surface area contributed by atoms with Crippen LogP contribution in [0.4, 0.5) is 0 Å². The van der Waals surface area contributed by atoms with Crippen molar-refractivity contribution in [1.82, 2.24) is 0 Å². The van der Waals surface area contributed by atoms with Gasteiger partial charge >= 0.3 is 0 Å². The van der Waals surface area contributed by atoms with E-state index in [2.05, 4.69) is 39.8 Å². The maximum Gasteiger partial charge on any atom is 0.114 e. The Kier molecular flexibility index (Phi) is 5.41. The SMILES string of the molecule is CCCC1(SSC2(CCC)C=COC2C)C=COC1C. The monoisotopic (exact) mass is 314 g/mol. The number of hydrogen-bond acceptors (Lipinski definition) is 4. The molecule has 0 aromatic carbocycles. The lowest BCUT2D eigenvalue weighted by atomic mass is 9.98. The van der Waals surface area contributed by atoms with E-state index in [1.165, 1.54) is 12.8 Å². The molecule has 2 aliphatic heterocycles. The minimum atomic E-state index is 0.107. The van der Waals surface area contributed by atoms with Gasteiger partial charge in [0.15, 0.2) is 0 Å². The minimum Gasteiger partial charge on any atom is -0.497 e. The van der Waals surface area contributed by atoms with Crippen molar-refractivity contribution in [3.05, 3.63) is 24.7 Å². The molecule has 114 valence electrons. The number of rotatable bonds is 7. The molecular formula is C16H26O2S2. The van der Waals surface area contributed by atoms with Gasteiger partial charge in [0.05, 0.1) is 22.0 Å². The Morgan fingerprint density at radius 1 is 0.850 bits per heavy atom. The van der Waals surface area contributed by atoms with Crippen molar-refractivity contribution < 1.29 is 9.47 Å². The Hall–Kier alpha value is -0.220. The molecule has 2 aliphatic rings. The van der Waals surface area contributed by atoms with Crippen LogP contribution in [0.2, 0.25) is 0 Å². The van der Waals surface area contributed by atoms with Gasteiger partial charge in [0.25, 0.3) is 0 Å². The summed E-state index contributed by atoms with van der Waals surface area (Å²) >= 11 is 0. The zero-order valence-electron chi connectivity index (χ0n) is 12.9. The summed E-state index contributed by atoms with van der Waals surface area (Å²) in [4.78, 5) is 0. The maximum atomic E-state index is 5.69. The topological polar surface area (TPSA) is 18.5 Å². The van der Waals surface area contributed by atoms with Crippen molar-refractivity contribution in [3.8, 4) is 0 Å². The third-order valence-electron chi connectivity index (χ3n) is 4.28. The van der Waals surface area contributed by atoms with Crippen LogP contribution in [0.15, 0.2) is 24.7 Å². The predicted molar refractivity (Wildman–Crippen MR) is 89.8 cm³/mol. The zero-order chi connectivity index (χ0) is 14.6. The van der Waals surface area contributed by atoms with Gasteiger partial charge in [-0.1, -0.05) is 48.3 Å². The summed E-state index contributed by atoms with van der Waals surface area (Å²) in [6.45, 7) is 8.85. The van der Waals surface area contributed by atoms with E-state index in [-0.39, 0.29) is 21.7 Å². The van der Waals surface area contributed by atoms with E-state index in [9.17, 15) is 0 Å². The van der Waals surface area contributed by atoms with E-state index < -0.39 is 0 Å². The molecule has 0 aromatic rings. The molecule has 0 saturated carbocycles. The van der Waals surface area contributed by atoms with Gasteiger partial charge in [-0.3, -0.25) is 0 Å². The molecule has 2 heterocycles. The average molecular weight is 315 g/mol. The van der Waals surface area contributed by atoms with Gasteiger partial charge in [0.2, 0.25) is 0 Å². The van der Waals surface area contributed by atoms with Crippen LogP contribution in [0.5, 0.6) is 0 Å². The lowest BCUT2D eigenvalue weighted by molar-refractivity contribution is 0.160. The van der Waals surface area contributed by atoms with Gasteiger partial charge in [-0.15, -0.1) is 0 Å². The van der Waals surface area contributed by atoms with Crippen LogP contribution in [0.3, 0.4) is 0 Å². The molecule has 0 aromatic heterocycles. The molecule has 0 N–H and O–H groups in total. The molecule has 0 radical (unpaired) electrons. The van der Waals surface area contributed by atoms with Crippen molar-refractivity contribution >= 4 is 21.6 Å². The van der Waals surface area contributed by atoms with E-state index in [0.29, 0.717) is 0 Å². The molecule has 0 saturated heterocycles. The first kappa shape index (κ1) is 16.2. The zero-order valence-corrected chi connectivity index (χ0v) is 14.6. The fourth-order valence-corrected chi connectivity index (χ4v) is 6.90. The van der Waals surface area contributed by atoms with Crippen LogP contribution in [0.1, 0.15) is 53.4 Å². The molecule has 0 amide bonds. The second kappa shape index (κ2) is 6.69. The predicted octanol–water partition coefficient (Wildman–Crippen LogP) is 5.31. The van der Waals surface area contributed by atoms with E-state index in [1.807, 2.05) is 34.1 Å². The maximum absolute atomic E-state index is 5.69. The van der Waals surface area contributed by atoms with Crippen LogP contribution in [-0.4, -0.2) is 21.7 Å². The van der Waals surface area contributed by atoms with Crippen molar-refractivity contribution in [2.45, 2.75) is 75.1 Å². The summed E-state index contributed by atoms with van der Waals surface area (Å²) in [7, 11) is 3.96. The highest BCUT2D eigenvalue weighted by atomic mass is 33.1. The molecule has 0 aliphatic carbocycles. The summed E-state index contributed by atoms with van der Waals surface area (Å²) in [6.07, 6.45) is 13.4. The van der Waals surface area contributed by atoms with Crippen molar-refractivity contribution in [2.75, 3.05) is 0 Å². The molecule has 0 spiro atoms. The van der Waals surface area contributed by atoms with Gasteiger partial charge in [0, 0.05) is 0 Å². The van der Waals surface area contributed by atoms with E-state index in [0.717, 1.165) is 12.8 Å². The molecule has 4 heteroatoms. The Morgan fingerprint density at radius 3 is 1.50 bits per heavy atom. The number of hydrogen-bond donors (Lipinski definition) is 0. The smallest absolute Gasteiger partial charge is 0.114 e. The molecular weight excluding hydrogens is 288 g/mol. The van der Waals surface area contributed by atoms with Crippen LogP contribution >= 0.6 is 21.6 Å². The van der Waals surface area contributed by atoms with Crippen LogP contribution in [0, 0.1) is 0 Å². The normalized spacial score (nSPS) is 39.0. The first-order valence-corrected chi connectivity index (χ1v) is 9.76. The highest BCUT2D eigenvalue weighted by molar-refractivity contribution is 8.77. The third-order valence-corrected chi connectivity index (χ3v) is 8.44. The Morgan fingerprint density at radius 2 is 1.25 bits per heavy atom. The number of ether oxygens (including phenoxy) is 2. The fourth-order valence-electron chi connectivity index (χ4n) is 2.83. The Labute approximate surface area is 131 Å². The second-order valence-electron chi connectivity index (χ2n) is 5.74. The standard InChI is InChI=1S/C16H26O2S2/c1-5-7-15(9-11-17-13(15)3)19-20-16(8-6-2)10-12-18-14(16)4/h9-14H,5-8H2,1-4H3. The summed E-state index contributed by atoms with van der Waals surface area (Å²) in [5.74, 6) is 0. The van der Waals surface area contributed by atoms with E-state index >= 15 is 0 Å². The molecule has 4 atom stereocenters. The lowest BCUT2D eigenvalue weighted by Crippen LogP contribution is -2.36. The van der Waals surface area contributed by atoms with E-state index in [4.69, 9.17) is 9.47 Å². The Balaban J connectivity index is 2.08. The summed E-state index contributed by atoms with van der Waals surface area (Å²) in [5.41, 5.74) is 0. The Bertz CT molecular complexity index is 347. The minimum absolute atomic E-state index is 0.107. The first-order chi connectivity index (χ1) is 9.58. The van der Waals surface area contributed by atoms with Crippen molar-refractivity contribution in [1.29, 1.82) is 0 Å². The highest BCUT2D eigenvalue weighted by Gasteiger charge is 2.45. The highest BCUT2D eigenvalue weighted by Crippen LogP contribution is 2.55. The molecule has 20 heavy (non-hydrogen) atoms.